The maximum Gasteiger partial charge on any atom is 0.231 e. The summed E-state index contributed by atoms with van der Waals surface area (Å²) in [5.41, 5.74) is 5.40. The van der Waals surface area contributed by atoms with Gasteiger partial charge in [-0.15, -0.1) is 11.3 Å². The van der Waals surface area contributed by atoms with Crippen LogP contribution in [0.15, 0.2) is 60.1 Å². The van der Waals surface area contributed by atoms with Crippen molar-refractivity contribution in [3.63, 3.8) is 0 Å². The van der Waals surface area contributed by atoms with Gasteiger partial charge in [-0.2, -0.15) is 0 Å². The molecule has 7 heteroatoms. The van der Waals surface area contributed by atoms with Crippen LogP contribution in [0.5, 0.6) is 11.5 Å². The van der Waals surface area contributed by atoms with E-state index in [1.807, 2.05) is 36.5 Å². The van der Waals surface area contributed by atoms with Gasteiger partial charge in [0, 0.05) is 43.4 Å². The average Bonchev–Trinajstić information content (AvgIpc) is 3.51. The van der Waals surface area contributed by atoms with Gasteiger partial charge in [0.25, 0.3) is 0 Å². The van der Waals surface area contributed by atoms with E-state index < -0.39 is 0 Å². The largest absolute Gasteiger partial charge is 0.454 e. The predicted octanol–water partition coefficient (Wildman–Crippen LogP) is 4.55. The fourth-order valence-electron chi connectivity index (χ4n) is 4.05. The normalized spacial score (nSPS) is 15.1. The second-order valence-electron chi connectivity index (χ2n) is 7.69. The SMILES string of the molecule is c1cc(CN2CCc3nc(-c4cccs4)ncc3C2)nc(-c2ccc3c(c2)OCO3)c1. The van der Waals surface area contributed by atoms with E-state index in [0.717, 1.165) is 70.9 Å². The Morgan fingerprint density at radius 2 is 1.97 bits per heavy atom. The monoisotopic (exact) mass is 428 g/mol. The first-order chi connectivity index (χ1) is 15.3. The van der Waals surface area contributed by atoms with Gasteiger partial charge in [-0.3, -0.25) is 9.88 Å². The van der Waals surface area contributed by atoms with Crippen LogP contribution in [-0.2, 0) is 19.5 Å². The Morgan fingerprint density at radius 3 is 2.90 bits per heavy atom. The maximum atomic E-state index is 5.51. The summed E-state index contributed by atoms with van der Waals surface area (Å²) in [6.45, 7) is 2.88. The lowest BCUT2D eigenvalue weighted by Crippen LogP contribution is -2.31. The first kappa shape index (κ1) is 18.5. The third-order valence-corrected chi connectivity index (χ3v) is 6.48. The lowest BCUT2D eigenvalue weighted by molar-refractivity contribution is 0.174. The van der Waals surface area contributed by atoms with Gasteiger partial charge in [0.15, 0.2) is 17.3 Å². The molecule has 3 aromatic heterocycles. The van der Waals surface area contributed by atoms with Gasteiger partial charge in [-0.05, 0) is 41.8 Å². The van der Waals surface area contributed by atoms with Crippen LogP contribution in [0.1, 0.15) is 17.0 Å². The third kappa shape index (κ3) is 3.66. The minimum atomic E-state index is 0.279. The number of thiophene rings is 1. The van der Waals surface area contributed by atoms with Gasteiger partial charge in [-0.25, -0.2) is 9.97 Å². The van der Waals surface area contributed by atoms with Crippen LogP contribution < -0.4 is 9.47 Å². The average molecular weight is 429 g/mol. The highest BCUT2D eigenvalue weighted by atomic mass is 32.1. The van der Waals surface area contributed by atoms with Crippen LogP contribution in [0.2, 0.25) is 0 Å². The Balaban J connectivity index is 1.19. The van der Waals surface area contributed by atoms with E-state index in [0.29, 0.717) is 0 Å². The molecule has 31 heavy (non-hydrogen) atoms. The van der Waals surface area contributed by atoms with Gasteiger partial charge in [-0.1, -0.05) is 12.1 Å². The maximum absolute atomic E-state index is 5.51. The minimum absolute atomic E-state index is 0.279. The fourth-order valence-corrected chi connectivity index (χ4v) is 4.71. The second-order valence-corrected chi connectivity index (χ2v) is 8.63. The number of rotatable bonds is 4. The van der Waals surface area contributed by atoms with Crippen molar-refractivity contribution in [2.45, 2.75) is 19.5 Å². The first-order valence-corrected chi connectivity index (χ1v) is 11.2. The molecule has 0 saturated carbocycles. The molecule has 0 spiro atoms. The summed E-state index contributed by atoms with van der Waals surface area (Å²) < 4.78 is 10.9. The molecule has 4 aromatic rings. The molecule has 0 saturated heterocycles. The predicted molar refractivity (Wildman–Crippen MR) is 119 cm³/mol. The van der Waals surface area contributed by atoms with Crippen molar-refractivity contribution in [2.75, 3.05) is 13.3 Å². The molecule has 0 bridgehead atoms. The van der Waals surface area contributed by atoms with E-state index in [-0.39, 0.29) is 6.79 Å². The fraction of sp³-hybridized carbons (Fsp3) is 0.208. The number of ether oxygens (including phenoxy) is 2. The van der Waals surface area contributed by atoms with Crippen LogP contribution in [0, 0.1) is 0 Å². The summed E-state index contributed by atoms with van der Waals surface area (Å²) in [6.07, 6.45) is 2.91. The molecule has 0 unspecified atom stereocenters. The van der Waals surface area contributed by atoms with Crippen molar-refractivity contribution in [1.82, 2.24) is 19.9 Å². The Bertz CT molecular complexity index is 1240. The number of pyridine rings is 1. The zero-order chi connectivity index (χ0) is 20.6. The molecule has 2 aliphatic heterocycles. The Labute approximate surface area is 184 Å². The smallest absolute Gasteiger partial charge is 0.231 e. The van der Waals surface area contributed by atoms with Crippen LogP contribution >= 0.6 is 11.3 Å². The lowest BCUT2D eigenvalue weighted by Gasteiger charge is -2.27. The van der Waals surface area contributed by atoms with E-state index in [4.69, 9.17) is 19.4 Å². The first-order valence-electron chi connectivity index (χ1n) is 10.3. The minimum Gasteiger partial charge on any atom is -0.454 e. The molecule has 0 amide bonds. The Kier molecular flexibility index (Phi) is 4.62. The zero-order valence-electron chi connectivity index (χ0n) is 16.8. The highest BCUT2D eigenvalue weighted by Crippen LogP contribution is 2.35. The number of fused-ring (bicyclic) bond motifs is 2. The van der Waals surface area contributed by atoms with Crippen molar-refractivity contribution >= 4 is 11.3 Å². The van der Waals surface area contributed by atoms with Crippen molar-refractivity contribution in [1.29, 1.82) is 0 Å². The molecule has 0 radical (unpaired) electrons. The van der Waals surface area contributed by atoms with Crippen LogP contribution in [-0.4, -0.2) is 33.2 Å². The number of benzene rings is 1. The standard InChI is InChI=1S/C24H20N4O2S/c1-3-18(26-19(4-1)16-6-7-21-22(11-16)30-15-29-21)14-28-9-8-20-17(13-28)12-25-24(27-20)23-5-2-10-31-23/h1-7,10-12H,8-9,13-15H2. The topological polar surface area (TPSA) is 60.4 Å². The summed E-state index contributed by atoms with van der Waals surface area (Å²) >= 11 is 1.68. The summed E-state index contributed by atoms with van der Waals surface area (Å²) in [6, 6.07) is 16.3. The van der Waals surface area contributed by atoms with E-state index in [9.17, 15) is 0 Å². The van der Waals surface area contributed by atoms with Crippen LogP contribution in [0.25, 0.3) is 22.0 Å². The number of nitrogens with zero attached hydrogens (tertiary/aromatic N) is 4. The molecule has 6 rings (SSSR count). The van der Waals surface area contributed by atoms with Crippen molar-refractivity contribution in [2.24, 2.45) is 0 Å². The number of hydrogen-bond donors (Lipinski definition) is 0. The molecule has 0 atom stereocenters. The van der Waals surface area contributed by atoms with Crippen molar-refractivity contribution in [3.8, 4) is 33.5 Å². The van der Waals surface area contributed by atoms with Gasteiger partial charge in [0.05, 0.1) is 22.0 Å². The summed E-state index contributed by atoms with van der Waals surface area (Å²) in [5, 5.41) is 2.06. The zero-order valence-corrected chi connectivity index (χ0v) is 17.6. The van der Waals surface area contributed by atoms with Gasteiger partial charge < -0.3 is 9.47 Å². The molecule has 0 fully saturated rings. The van der Waals surface area contributed by atoms with Crippen molar-refractivity contribution in [3.05, 3.63) is 77.1 Å². The molecule has 154 valence electrons. The van der Waals surface area contributed by atoms with Gasteiger partial charge in [0.2, 0.25) is 6.79 Å². The molecule has 2 aliphatic rings. The number of hydrogen-bond acceptors (Lipinski definition) is 7. The highest BCUT2D eigenvalue weighted by molar-refractivity contribution is 7.13. The number of aromatic nitrogens is 3. The van der Waals surface area contributed by atoms with Crippen LogP contribution in [0.3, 0.4) is 0 Å². The highest BCUT2D eigenvalue weighted by Gasteiger charge is 2.20. The molecule has 5 heterocycles. The van der Waals surface area contributed by atoms with Crippen molar-refractivity contribution < 1.29 is 9.47 Å². The summed E-state index contributed by atoms with van der Waals surface area (Å²) in [7, 11) is 0. The Morgan fingerprint density at radius 1 is 1.00 bits per heavy atom. The quantitative estimate of drug-likeness (QED) is 0.475. The molecule has 6 nitrogen and oxygen atoms in total. The summed E-state index contributed by atoms with van der Waals surface area (Å²) in [5.74, 6) is 2.40. The van der Waals surface area contributed by atoms with Crippen LogP contribution in [0.4, 0.5) is 0 Å². The summed E-state index contributed by atoms with van der Waals surface area (Å²) in [4.78, 5) is 17.8. The van der Waals surface area contributed by atoms with E-state index >= 15 is 0 Å². The molecule has 0 aliphatic carbocycles. The van der Waals surface area contributed by atoms with E-state index in [2.05, 4.69) is 33.5 Å². The lowest BCUT2D eigenvalue weighted by atomic mass is 10.1. The molecular formula is C24H20N4O2S. The molecule has 1 aromatic carbocycles. The van der Waals surface area contributed by atoms with Gasteiger partial charge >= 0.3 is 0 Å². The third-order valence-electron chi connectivity index (χ3n) is 5.62. The Hall–Kier alpha value is -3.29. The van der Waals surface area contributed by atoms with Gasteiger partial charge in [0.1, 0.15) is 0 Å². The molecular weight excluding hydrogens is 408 g/mol. The van der Waals surface area contributed by atoms with E-state index in [1.54, 1.807) is 11.3 Å². The molecule has 0 N–H and O–H groups in total. The van der Waals surface area contributed by atoms with E-state index in [1.165, 1.54) is 5.56 Å². The second kappa shape index (κ2) is 7.76.